The number of allylic oxidation sites excluding steroid dienone is 2. The van der Waals surface area contributed by atoms with Gasteiger partial charge in [0.05, 0.1) is 19.8 Å². The van der Waals surface area contributed by atoms with Crippen molar-refractivity contribution in [1.29, 1.82) is 0 Å². The molecule has 5 atom stereocenters. The van der Waals surface area contributed by atoms with E-state index >= 15 is 0 Å². The van der Waals surface area contributed by atoms with E-state index in [9.17, 15) is 9.90 Å². The molecule has 0 bridgehead atoms. The molecule has 0 heterocycles. The van der Waals surface area contributed by atoms with Gasteiger partial charge in [-0.15, -0.1) is 0 Å². The first-order chi connectivity index (χ1) is 16.1. The van der Waals surface area contributed by atoms with Gasteiger partial charge in [0, 0.05) is 11.5 Å². The van der Waals surface area contributed by atoms with Crippen LogP contribution in [0.15, 0.2) is 67.3 Å². The Labute approximate surface area is 205 Å². The summed E-state index contributed by atoms with van der Waals surface area (Å²) in [4.78, 5) is 12.5. The van der Waals surface area contributed by atoms with Gasteiger partial charge in [-0.25, -0.2) is 4.79 Å². The molecule has 0 unspecified atom stereocenters. The topological polar surface area (TPSA) is 55.8 Å². The molecule has 0 saturated heterocycles. The lowest BCUT2D eigenvalue weighted by molar-refractivity contribution is -0.152. The zero-order chi connectivity index (χ0) is 24.9. The molecule has 0 aliphatic heterocycles. The average Bonchev–Trinajstić information content (AvgIpc) is 2.83. The number of aliphatic hydroxyl groups is 1. The Hall–Kier alpha value is -2.59. The number of methoxy groups -OCH3 is 1. The van der Waals surface area contributed by atoms with Crippen LogP contribution >= 0.6 is 0 Å². The first kappa shape index (κ1) is 26.0. The van der Waals surface area contributed by atoms with Gasteiger partial charge in [-0.2, -0.15) is 0 Å². The van der Waals surface area contributed by atoms with Crippen LogP contribution in [0.2, 0.25) is 0 Å². The van der Waals surface area contributed by atoms with E-state index in [2.05, 4.69) is 33.6 Å². The standard InChI is InChI=1S/C30H40O4/c1-7-21(2)9-15-25-22(3)26(31)19-27-29(4,17-8-18-30(25,27)5)20-34-28(32)16-12-23-10-13-24(33-6)14-11-23/h7,10-14,16,25-27,31H,1-3,8-9,15,17-20H2,4-6H3/b16-12-/t25-,26-,27-,29+,30+/m0/s1. The van der Waals surface area contributed by atoms with Gasteiger partial charge in [0.2, 0.25) is 0 Å². The maximum atomic E-state index is 12.5. The smallest absolute Gasteiger partial charge is 0.330 e. The van der Waals surface area contributed by atoms with Crippen LogP contribution in [-0.4, -0.2) is 30.9 Å². The maximum Gasteiger partial charge on any atom is 0.330 e. The Morgan fingerprint density at radius 3 is 2.59 bits per heavy atom. The number of hydrogen-bond donors (Lipinski definition) is 1. The Kier molecular flexibility index (Phi) is 8.25. The van der Waals surface area contributed by atoms with E-state index in [1.807, 2.05) is 30.3 Å². The second kappa shape index (κ2) is 10.8. The number of esters is 1. The van der Waals surface area contributed by atoms with Crippen LogP contribution in [0.1, 0.15) is 57.9 Å². The predicted molar refractivity (Wildman–Crippen MR) is 138 cm³/mol. The molecule has 184 valence electrons. The third-order valence-electron chi connectivity index (χ3n) is 8.35. The highest BCUT2D eigenvalue weighted by molar-refractivity contribution is 5.87. The number of carbonyl (C=O) groups is 1. The number of carbonyl (C=O) groups excluding carboxylic acids is 1. The first-order valence-electron chi connectivity index (χ1n) is 12.3. The highest BCUT2D eigenvalue weighted by atomic mass is 16.5. The molecule has 1 N–H and O–H groups in total. The number of ether oxygens (including phenoxy) is 2. The summed E-state index contributed by atoms with van der Waals surface area (Å²) < 4.78 is 10.9. The molecule has 4 nitrogen and oxygen atoms in total. The van der Waals surface area contributed by atoms with E-state index in [1.165, 1.54) is 6.08 Å². The Balaban J connectivity index is 1.70. The number of rotatable bonds is 9. The van der Waals surface area contributed by atoms with E-state index in [0.717, 1.165) is 54.6 Å². The highest BCUT2D eigenvalue weighted by Gasteiger charge is 2.56. The minimum Gasteiger partial charge on any atom is -0.497 e. The summed E-state index contributed by atoms with van der Waals surface area (Å²) in [6, 6.07) is 7.51. The molecule has 3 rings (SSSR count). The van der Waals surface area contributed by atoms with Gasteiger partial charge < -0.3 is 14.6 Å². The molecule has 34 heavy (non-hydrogen) atoms. The van der Waals surface area contributed by atoms with Crippen molar-refractivity contribution in [2.75, 3.05) is 13.7 Å². The monoisotopic (exact) mass is 464 g/mol. The van der Waals surface area contributed by atoms with E-state index in [4.69, 9.17) is 9.47 Å². The second-order valence-corrected chi connectivity index (χ2v) is 10.6. The van der Waals surface area contributed by atoms with Crippen LogP contribution in [0, 0.1) is 22.7 Å². The zero-order valence-electron chi connectivity index (χ0n) is 21.0. The summed E-state index contributed by atoms with van der Waals surface area (Å²) in [6.45, 7) is 17.1. The maximum absolute atomic E-state index is 12.5. The molecular formula is C30H40O4. The lowest BCUT2D eigenvalue weighted by Gasteiger charge is -2.59. The Bertz CT molecular complexity index is 943. The van der Waals surface area contributed by atoms with Gasteiger partial charge in [0.15, 0.2) is 0 Å². The SMILES string of the molecule is C=CC(=C)CC[C@H]1C(=C)[C@@H](O)C[C@H]2[C@@](C)(COC(=O)/C=C\c3ccc(OC)cc3)CCC[C@]12C. The molecule has 1 aromatic rings. The molecule has 2 saturated carbocycles. The van der Waals surface area contributed by atoms with Crippen LogP contribution < -0.4 is 4.74 Å². The van der Waals surface area contributed by atoms with Crippen molar-refractivity contribution < 1.29 is 19.4 Å². The normalized spacial score (nSPS) is 31.1. The van der Waals surface area contributed by atoms with Crippen molar-refractivity contribution in [1.82, 2.24) is 0 Å². The lowest BCUT2D eigenvalue weighted by atomic mass is 9.46. The fourth-order valence-corrected chi connectivity index (χ4v) is 6.30. The third kappa shape index (κ3) is 5.55. The van der Waals surface area contributed by atoms with E-state index in [0.29, 0.717) is 13.0 Å². The van der Waals surface area contributed by atoms with Crippen LogP contribution in [0.4, 0.5) is 0 Å². The number of aliphatic hydroxyl groups excluding tert-OH is 1. The molecule has 0 amide bonds. The van der Waals surface area contributed by atoms with Gasteiger partial charge in [-0.05, 0) is 78.7 Å². The average molecular weight is 465 g/mol. The van der Waals surface area contributed by atoms with Crippen LogP contribution in [0.25, 0.3) is 6.08 Å². The summed E-state index contributed by atoms with van der Waals surface area (Å²) in [5.41, 5.74) is 2.69. The van der Waals surface area contributed by atoms with Crippen LogP contribution in [-0.2, 0) is 9.53 Å². The van der Waals surface area contributed by atoms with Gasteiger partial charge in [-0.3, -0.25) is 0 Å². The second-order valence-electron chi connectivity index (χ2n) is 10.6. The summed E-state index contributed by atoms with van der Waals surface area (Å²) in [7, 11) is 1.63. The molecule has 2 aliphatic carbocycles. The van der Waals surface area contributed by atoms with E-state index in [-0.39, 0.29) is 28.6 Å². The molecule has 2 fully saturated rings. The zero-order valence-corrected chi connectivity index (χ0v) is 21.0. The molecule has 1 aromatic carbocycles. The quantitative estimate of drug-likeness (QED) is 0.196. The molecule has 4 heteroatoms. The largest absolute Gasteiger partial charge is 0.497 e. The van der Waals surface area contributed by atoms with Crippen molar-refractivity contribution in [2.24, 2.45) is 22.7 Å². The number of fused-ring (bicyclic) bond motifs is 1. The highest BCUT2D eigenvalue weighted by Crippen LogP contribution is 2.62. The van der Waals surface area contributed by atoms with Gasteiger partial charge in [0.1, 0.15) is 5.75 Å². The minimum atomic E-state index is -0.525. The van der Waals surface area contributed by atoms with E-state index < -0.39 is 6.10 Å². The summed E-state index contributed by atoms with van der Waals surface area (Å²) in [5.74, 6) is 0.888. The van der Waals surface area contributed by atoms with Crippen molar-refractivity contribution in [2.45, 2.75) is 58.5 Å². The third-order valence-corrected chi connectivity index (χ3v) is 8.35. The number of benzene rings is 1. The van der Waals surface area contributed by atoms with Gasteiger partial charge in [0.25, 0.3) is 0 Å². The summed E-state index contributed by atoms with van der Waals surface area (Å²) >= 11 is 0. The molecule has 0 spiro atoms. The molecular weight excluding hydrogens is 424 g/mol. The van der Waals surface area contributed by atoms with E-state index in [1.54, 1.807) is 13.2 Å². The van der Waals surface area contributed by atoms with Crippen molar-refractivity contribution in [3.8, 4) is 5.75 Å². The molecule has 0 radical (unpaired) electrons. The fraction of sp³-hybridized carbons (Fsp3) is 0.500. The predicted octanol–water partition coefficient (Wildman–Crippen LogP) is 6.52. The van der Waals surface area contributed by atoms with Crippen molar-refractivity contribution in [3.05, 3.63) is 72.9 Å². The molecule has 2 aliphatic rings. The summed E-state index contributed by atoms with van der Waals surface area (Å²) in [6.07, 6.45) is 10.1. The lowest BCUT2D eigenvalue weighted by Crippen LogP contribution is -2.55. The Morgan fingerprint density at radius 2 is 1.94 bits per heavy atom. The fourth-order valence-electron chi connectivity index (χ4n) is 6.30. The van der Waals surface area contributed by atoms with Crippen molar-refractivity contribution in [3.63, 3.8) is 0 Å². The summed E-state index contributed by atoms with van der Waals surface area (Å²) in [5, 5.41) is 10.9. The van der Waals surface area contributed by atoms with Crippen LogP contribution in [0.5, 0.6) is 5.75 Å². The number of hydrogen-bond acceptors (Lipinski definition) is 4. The molecule has 0 aromatic heterocycles. The van der Waals surface area contributed by atoms with Gasteiger partial charge >= 0.3 is 5.97 Å². The first-order valence-corrected chi connectivity index (χ1v) is 12.3. The van der Waals surface area contributed by atoms with Crippen molar-refractivity contribution >= 4 is 12.0 Å². The van der Waals surface area contributed by atoms with Crippen LogP contribution in [0.3, 0.4) is 0 Å². The minimum absolute atomic E-state index is 0.0100. The van der Waals surface area contributed by atoms with Gasteiger partial charge in [-0.1, -0.05) is 63.8 Å². The Morgan fingerprint density at radius 1 is 1.24 bits per heavy atom.